The van der Waals surface area contributed by atoms with Crippen LogP contribution in [0.1, 0.15) is 10.4 Å². The summed E-state index contributed by atoms with van der Waals surface area (Å²) in [5.74, 6) is -1.95. The quantitative estimate of drug-likeness (QED) is 0.858. The van der Waals surface area contributed by atoms with Gasteiger partial charge in [0.15, 0.2) is 0 Å². The van der Waals surface area contributed by atoms with Crippen molar-refractivity contribution in [3.05, 3.63) is 34.6 Å². The van der Waals surface area contributed by atoms with Gasteiger partial charge in [0, 0.05) is 0 Å². The molecule has 1 aromatic rings. The molecular weight excluding hydrogens is 245 g/mol. The molecule has 7 heteroatoms. The molecule has 0 aliphatic carbocycles. The zero-order chi connectivity index (χ0) is 11.6. The van der Waals surface area contributed by atoms with Gasteiger partial charge in [-0.1, -0.05) is 17.7 Å². The summed E-state index contributed by atoms with van der Waals surface area (Å²) < 4.78 is 36.2. The first kappa shape index (κ1) is 11.9. The smallest absolute Gasteiger partial charge is 0.268 e. The predicted octanol–water partition coefficient (Wildman–Crippen LogP) is 1.17. The van der Waals surface area contributed by atoms with Crippen molar-refractivity contribution in [2.75, 3.05) is 6.26 Å². The van der Waals surface area contributed by atoms with E-state index >= 15 is 0 Å². The Hall–Kier alpha value is -1.14. The van der Waals surface area contributed by atoms with Crippen LogP contribution in [-0.2, 0) is 10.0 Å². The van der Waals surface area contributed by atoms with Crippen LogP contribution in [0.25, 0.3) is 0 Å². The van der Waals surface area contributed by atoms with Gasteiger partial charge in [-0.05, 0) is 12.1 Å². The average molecular weight is 252 g/mol. The summed E-state index contributed by atoms with van der Waals surface area (Å²) in [4.78, 5) is 11.3. The van der Waals surface area contributed by atoms with E-state index in [0.717, 1.165) is 12.3 Å². The monoisotopic (exact) mass is 251 g/mol. The average Bonchev–Trinajstić information content (AvgIpc) is 1.99. The van der Waals surface area contributed by atoms with Crippen molar-refractivity contribution in [3.8, 4) is 0 Å². The summed E-state index contributed by atoms with van der Waals surface area (Å²) in [5.41, 5.74) is -0.482. The first-order valence-electron chi connectivity index (χ1n) is 3.77. The summed E-state index contributed by atoms with van der Waals surface area (Å²) in [6.45, 7) is 0. The number of amides is 1. The Balaban J connectivity index is 3.12. The highest BCUT2D eigenvalue weighted by Gasteiger charge is 2.18. The molecular formula is C8H7ClFNO3S. The molecule has 0 unspecified atom stereocenters. The van der Waals surface area contributed by atoms with Crippen LogP contribution in [0.15, 0.2) is 18.2 Å². The standard InChI is InChI=1S/C8H7ClFNO3S/c1-15(13,14)11-8(12)7-5(9)3-2-4-6(7)10/h2-4H,1H3,(H,11,12). The molecule has 0 fully saturated rings. The van der Waals surface area contributed by atoms with Gasteiger partial charge in [-0.15, -0.1) is 0 Å². The highest BCUT2D eigenvalue weighted by atomic mass is 35.5. The summed E-state index contributed by atoms with van der Waals surface area (Å²) in [7, 11) is -3.73. The Labute approximate surface area is 91.1 Å². The fourth-order valence-electron chi connectivity index (χ4n) is 0.934. The molecule has 0 spiro atoms. The molecule has 1 N–H and O–H groups in total. The van der Waals surface area contributed by atoms with E-state index in [0.29, 0.717) is 0 Å². The number of hydrogen-bond donors (Lipinski definition) is 1. The summed E-state index contributed by atoms with van der Waals surface area (Å²) >= 11 is 5.56. The number of sulfonamides is 1. The minimum Gasteiger partial charge on any atom is -0.268 e. The Morgan fingerprint density at radius 1 is 1.47 bits per heavy atom. The van der Waals surface area contributed by atoms with Gasteiger partial charge >= 0.3 is 0 Å². The molecule has 0 bridgehead atoms. The van der Waals surface area contributed by atoms with E-state index in [1.807, 2.05) is 0 Å². The molecule has 0 aliphatic heterocycles. The fourth-order valence-corrected chi connectivity index (χ4v) is 1.62. The van der Waals surface area contributed by atoms with Crippen molar-refractivity contribution in [1.29, 1.82) is 0 Å². The van der Waals surface area contributed by atoms with Gasteiger partial charge in [-0.2, -0.15) is 0 Å². The van der Waals surface area contributed by atoms with Crippen molar-refractivity contribution < 1.29 is 17.6 Å². The van der Waals surface area contributed by atoms with E-state index in [9.17, 15) is 17.6 Å². The van der Waals surface area contributed by atoms with Gasteiger partial charge in [0.1, 0.15) is 5.82 Å². The maximum Gasteiger partial charge on any atom is 0.269 e. The molecule has 15 heavy (non-hydrogen) atoms. The normalized spacial score (nSPS) is 11.1. The van der Waals surface area contributed by atoms with Crippen molar-refractivity contribution in [2.24, 2.45) is 0 Å². The van der Waals surface area contributed by atoms with Crippen LogP contribution in [-0.4, -0.2) is 20.6 Å². The van der Waals surface area contributed by atoms with Crippen molar-refractivity contribution in [1.82, 2.24) is 4.72 Å². The lowest BCUT2D eigenvalue weighted by molar-refractivity contribution is 0.0978. The van der Waals surface area contributed by atoms with Crippen LogP contribution in [0, 0.1) is 5.82 Å². The Kier molecular flexibility index (Phi) is 3.31. The fraction of sp³-hybridized carbons (Fsp3) is 0.125. The van der Waals surface area contributed by atoms with E-state index < -0.39 is 27.3 Å². The lowest BCUT2D eigenvalue weighted by atomic mass is 10.2. The molecule has 0 atom stereocenters. The molecule has 0 aliphatic rings. The van der Waals surface area contributed by atoms with Crippen LogP contribution in [0.3, 0.4) is 0 Å². The Morgan fingerprint density at radius 2 is 2.07 bits per heavy atom. The summed E-state index contributed by atoms with van der Waals surface area (Å²) in [5, 5.41) is -0.142. The Bertz CT molecular complexity index is 480. The molecule has 1 rings (SSSR count). The first-order valence-corrected chi connectivity index (χ1v) is 6.04. The van der Waals surface area contributed by atoms with E-state index in [1.54, 1.807) is 4.72 Å². The van der Waals surface area contributed by atoms with Gasteiger partial charge in [-0.25, -0.2) is 17.5 Å². The van der Waals surface area contributed by atoms with Crippen LogP contribution < -0.4 is 4.72 Å². The van der Waals surface area contributed by atoms with Crippen LogP contribution in [0.2, 0.25) is 5.02 Å². The molecule has 0 saturated heterocycles. The summed E-state index contributed by atoms with van der Waals surface area (Å²) in [6.07, 6.45) is 0.791. The number of carbonyl (C=O) groups excluding carboxylic acids is 1. The molecule has 0 heterocycles. The minimum atomic E-state index is -3.73. The van der Waals surface area contributed by atoms with Gasteiger partial charge in [0.2, 0.25) is 10.0 Å². The molecule has 82 valence electrons. The molecule has 0 radical (unpaired) electrons. The van der Waals surface area contributed by atoms with Gasteiger partial charge in [-0.3, -0.25) is 4.79 Å². The lowest BCUT2D eigenvalue weighted by Crippen LogP contribution is -2.30. The second kappa shape index (κ2) is 4.16. The van der Waals surface area contributed by atoms with Crippen LogP contribution in [0.4, 0.5) is 4.39 Å². The van der Waals surface area contributed by atoms with Gasteiger partial charge < -0.3 is 0 Å². The van der Waals surface area contributed by atoms with Crippen molar-refractivity contribution in [3.63, 3.8) is 0 Å². The number of rotatable bonds is 2. The predicted molar refractivity (Wildman–Crippen MR) is 53.7 cm³/mol. The Morgan fingerprint density at radius 3 is 2.53 bits per heavy atom. The van der Waals surface area contributed by atoms with Crippen molar-refractivity contribution >= 4 is 27.5 Å². The number of benzene rings is 1. The van der Waals surface area contributed by atoms with E-state index in [2.05, 4.69) is 0 Å². The van der Waals surface area contributed by atoms with Crippen LogP contribution in [0.5, 0.6) is 0 Å². The maximum atomic E-state index is 13.1. The first-order chi connectivity index (χ1) is 6.81. The second-order valence-electron chi connectivity index (χ2n) is 2.80. The largest absolute Gasteiger partial charge is 0.269 e. The number of hydrogen-bond acceptors (Lipinski definition) is 3. The number of halogens is 2. The van der Waals surface area contributed by atoms with Crippen LogP contribution >= 0.6 is 11.6 Å². The van der Waals surface area contributed by atoms with Crippen molar-refractivity contribution in [2.45, 2.75) is 0 Å². The zero-order valence-electron chi connectivity index (χ0n) is 7.62. The topological polar surface area (TPSA) is 63.2 Å². The van der Waals surface area contributed by atoms with E-state index in [-0.39, 0.29) is 5.02 Å². The summed E-state index contributed by atoms with van der Waals surface area (Å²) in [6, 6.07) is 3.62. The second-order valence-corrected chi connectivity index (χ2v) is 4.96. The SMILES string of the molecule is CS(=O)(=O)NC(=O)c1c(F)cccc1Cl. The minimum absolute atomic E-state index is 0.142. The third kappa shape index (κ3) is 3.17. The highest BCUT2D eigenvalue weighted by molar-refractivity contribution is 7.89. The highest BCUT2D eigenvalue weighted by Crippen LogP contribution is 2.18. The molecule has 0 aromatic heterocycles. The maximum absolute atomic E-state index is 13.1. The number of nitrogens with one attached hydrogen (secondary N) is 1. The zero-order valence-corrected chi connectivity index (χ0v) is 9.19. The van der Waals surface area contributed by atoms with Gasteiger partial charge in [0.25, 0.3) is 5.91 Å². The lowest BCUT2D eigenvalue weighted by Gasteiger charge is -2.05. The van der Waals surface area contributed by atoms with Gasteiger partial charge in [0.05, 0.1) is 16.8 Å². The van der Waals surface area contributed by atoms with E-state index in [1.165, 1.54) is 12.1 Å². The third-order valence-corrected chi connectivity index (χ3v) is 2.34. The molecule has 1 aromatic carbocycles. The number of carbonyl (C=O) groups is 1. The molecule has 0 saturated carbocycles. The van der Waals surface area contributed by atoms with E-state index in [4.69, 9.17) is 11.6 Å². The molecule has 4 nitrogen and oxygen atoms in total. The molecule has 1 amide bonds. The third-order valence-electron chi connectivity index (χ3n) is 1.47.